The van der Waals surface area contributed by atoms with Gasteiger partial charge in [-0.15, -0.1) is 0 Å². The summed E-state index contributed by atoms with van der Waals surface area (Å²) in [7, 11) is 0. The smallest absolute Gasteiger partial charge is 0.339 e. The van der Waals surface area contributed by atoms with Crippen LogP contribution in [0.4, 0.5) is 0 Å². The highest BCUT2D eigenvalue weighted by Crippen LogP contribution is 2.32. The third-order valence-electron chi connectivity index (χ3n) is 6.86. The average Bonchev–Trinajstić information content (AvgIpc) is 2.94. The van der Waals surface area contributed by atoms with Crippen LogP contribution in [0.5, 0.6) is 23.0 Å². The van der Waals surface area contributed by atoms with Crippen molar-refractivity contribution in [2.45, 2.75) is 110 Å². The van der Waals surface area contributed by atoms with E-state index in [4.69, 9.17) is 14.2 Å². The predicted molar refractivity (Wildman–Crippen MR) is 158 cm³/mol. The van der Waals surface area contributed by atoms with Gasteiger partial charge in [-0.25, -0.2) is 4.79 Å². The lowest BCUT2D eigenvalue weighted by molar-refractivity contribution is 0.0691. The standard InChI is InChI=1S/C33H50O6/c1-2-3-4-5-6-7-8-9-10-11-12-16-26-38-31-20-18-19-30(33(35)36)32(31)39-27-17-14-13-15-25-37-29-23-21-28(34)22-24-29/h18-24,34H,2-17,25-27H2,1H3,(H,35,36). The molecule has 0 aliphatic heterocycles. The molecule has 0 spiro atoms. The van der Waals surface area contributed by atoms with Gasteiger partial charge in [0.15, 0.2) is 11.5 Å². The predicted octanol–water partition coefficient (Wildman–Crippen LogP) is 9.19. The number of aromatic carboxylic acids is 1. The van der Waals surface area contributed by atoms with Gasteiger partial charge in [0.1, 0.15) is 17.1 Å². The molecule has 0 amide bonds. The number of phenolic OH excluding ortho intramolecular Hbond substituents is 1. The summed E-state index contributed by atoms with van der Waals surface area (Å²) in [5, 5.41) is 18.9. The number of hydrogen-bond donors (Lipinski definition) is 2. The zero-order valence-electron chi connectivity index (χ0n) is 24.0. The molecule has 0 saturated heterocycles. The summed E-state index contributed by atoms with van der Waals surface area (Å²) in [6, 6.07) is 11.8. The van der Waals surface area contributed by atoms with Crippen LogP contribution < -0.4 is 14.2 Å². The highest BCUT2D eigenvalue weighted by atomic mass is 16.5. The van der Waals surface area contributed by atoms with Crippen LogP contribution in [0.3, 0.4) is 0 Å². The van der Waals surface area contributed by atoms with E-state index in [2.05, 4.69) is 6.92 Å². The first-order chi connectivity index (χ1) is 19.1. The van der Waals surface area contributed by atoms with E-state index < -0.39 is 5.97 Å². The number of carboxylic acid groups (broad SMARTS) is 1. The Morgan fingerprint density at radius 1 is 0.615 bits per heavy atom. The molecule has 0 fully saturated rings. The monoisotopic (exact) mass is 542 g/mol. The number of benzene rings is 2. The van der Waals surface area contributed by atoms with Crippen molar-refractivity contribution >= 4 is 5.97 Å². The number of ether oxygens (including phenoxy) is 3. The Kier molecular flexibility index (Phi) is 17.4. The van der Waals surface area contributed by atoms with Crippen molar-refractivity contribution in [3.63, 3.8) is 0 Å². The molecule has 2 aromatic rings. The first kappa shape index (κ1) is 32.3. The molecule has 0 unspecified atom stereocenters. The normalized spacial score (nSPS) is 10.9. The van der Waals surface area contributed by atoms with Crippen LogP contribution in [0, 0.1) is 0 Å². The van der Waals surface area contributed by atoms with E-state index in [1.54, 1.807) is 42.5 Å². The molecule has 0 aliphatic rings. The first-order valence-electron chi connectivity index (χ1n) is 15.2. The third kappa shape index (κ3) is 14.7. The minimum Gasteiger partial charge on any atom is -0.508 e. The number of aromatic hydroxyl groups is 1. The molecule has 0 radical (unpaired) electrons. The van der Waals surface area contributed by atoms with Crippen molar-refractivity contribution in [1.29, 1.82) is 0 Å². The zero-order chi connectivity index (χ0) is 28.0. The maximum Gasteiger partial charge on any atom is 0.339 e. The molecular formula is C33H50O6. The second-order valence-electron chi connectivity index (χ2n) is 10.3. The number of para-hydroxylation sites is 1. The van der Waals surface area contributed by atoms with Crippen molar-refractivity contribution < 1.29 is 29.2 Å². The average molecular weight is 543 g/mol. The van der Waals surface area contributed by atoms with Crippen LogP contribution in [-0.2, 0) is 0 Å². The molecule has 0 heterocycles. The highest BCUT2D eigenvalue weighted by molar-refractivity contribution is 5.92. The number of phenols is 1. The summed E-state index contributed by atoms with van der Waals surface area (Å²) in [6.45, 7) is 3.88. The molecule has 0 aliphatic carbocycles. The van der Waals surface area contributed by atoms with Gasteiger partial charge in [0.25, 0.3) is 0 Å². The van der Waals surface area contributed by atoms with Crippen LogP contribution in [0.25, 0.3) is 0 Å². The Morgan fingerprint density at radius 3 is 1.64 bits per heavy atom. The van der Waals surface area contributed by atoms with Crippen molar-refractivity contribution in [2.24, 2.45) is 0 Å². The fourth-order valence-corrected chi connectivity index (χ4v) is 4.54. The van der Waals surface area contributed by atoms with E-state index in [0.717, 1.165) is 44.3 Å². The topological polar surface area (TPSA) is 85.2 Å². The molecule has 2 N–H and O–H groups in total. The molecule has 0 bridgehead atoms. The molecule has 0 saturated carbocycles. The van der Waals surface area contributed by atoms with Gasteiger partial charge in [-0.1, -0.05) is 83.6 Å². The summed E-state index contributed by atoms with van der Waals surface area (Å²) in [5.74, 6) is 0.814. The number of carbonyl (C=O) groups is 1. The van der Waals surface area contributed by atoms with Crippen LogP contribution in [-0.4, -0.2) is 36.0 Å². The van der Waals surface area contributed by atoms with Gasteiger partial charge in [-0.05, 0) is 68.5 Å². The van der Waals surface area contributed by atoms with Crippen molar-refractivity contribution in [2.75, 3.05) is 19.8 Å². The van der Waals surface area contributed by atoms with E-state index in [1.165, 1.54) is 64.2 Å². The third-order valence-corrected chi connectivity index (χ3v) is 6.86. The van der Waals surface area contributed by atoms with Gasteiger partial charge >= 0.3 is 5.97 Å². The molecule has 0 aromatic heterocycles. The van der Waals surface area contributed by atoms with E-state index in [9.17, 15) is 15.0 Å². The summed E-state index contributed by atoms with van der Waals surface area (Å²) < 4.78 is 17.5. The minimum atomic E-state index is -1.01. The van der Waals surface area contributed by atoms with E-state index >= 15 is 0 Å². The maximum absolute atomic E-state index is 11.7. The van der Waals surface area contributed by atoms with Crippen molar-refractivity contribution in [3.05, 3.63) is 48.0 Å². The van der Waals surface area contributed by atoms with Gasteiger partial charge in [-0.2, -0.15) is 0 Å². The number of hydrogen-bond acceptors (Lipinski definition) is 5. The Bertz CT molecular complexity index is 896. The van der Waals surface area contributed by atoms with Crippen molar-refractivity contribution in [3.8, 4) is 23.0 Å². The van der Waals surface area contributed by atoms with E-state index in [0.29, 0.717) is 31.3 Å². The lowest BCUT2D eigenvalue weighted by atomic mass is 10.1. The maximum atomic E-state index is 11.7. The van der Waals surface area contributed by atoms with Gasteiger partial charge in [-0.3, -0.25) is 0 Å². The fourth-order valence-electron chi connectivity index (χ4n) is 4.54. The summed E-state index contributed by atoms with van der Waals surface area (Å²) in [4.78, 5) is 11.7. The SMILES string of the molecule is CCCCCCCCCCCCCCOc1cccc(C(=O)O)c1OCCCCCCOc1ccc(O)cc1. The molecule has 218 valence electrons. The van der Waals surface area contributed by atoms with Gasteiger partial charge in [0, 0.05) is 0 Å². The van der Waals surface area contributed by atoms with Crippen LogP contribution in [0.1, 0.15) is 120 Å². The molecule has 0 atom stereocenters. The lowest BCUT2D eigenvalue weighted by Gasteiger charge is -2.15. The molecule has 6 nitrogen and oxygen atoms in total. The molecule has 39 heavy (non-hydrogen) atoms. The quantitative estimate of drug-likeness (QED) is 0.129. The Labute approximate surface area is 235 Å². The molecule has 6 heteroatoms. The number of carboxylic acids is 1. The summed E-state index contributed by atoms with van der Waals surface area (Å²) in [5.41, 5.74) is 0.143. The van der Waals surface area contributed by atoms with Crippen LogP contribution in [0.2, 0.25) is 0 Å². The first-order valence-corrected chi connectivity index (χ1v) is 15.2. The molecular weight excluding hydrogens is 492 g/mol. The van der Waals surface area contributed by atoms with E-state index in [-0.39, 0.29) is 11.3 Å². The molecule has 2 aromatic carbocycles. The number of rotatable bonds is 24. The highest BCUT2D eigenvalue weighted by Gasteiger charge is 2.16. The summed E-state index contributed by atoms with van der Waals surface area (Å²) in [6.07, 6.45) is 19.1. The number of unbranched alkanes of at least 4 members (excludes halogenated alkanes) is 14. The Hall–Kier alpha value is -2.89. The lowest BCUT2D eigenvalue weighted by Crippen LogP contribution is -2.08. The van der Waals surface area contributed by atoms with Gasteiger partial charge in [0.2, 0.25) is 0 Å². The largest absolute Gasteiger partial charge is 0.508 e. The Morgan fingerprint density at radius 2 is 1.10 bits per heavy atom. The minimum absolute atomic E-state index is 0.143. The zero-order valence-corrected chi connectivity index (χ0v) is 24.0. The fraction of sp³-hybridized carbons (Fsp3) is 0.606. The molecule has 2 rings (SSSR count). The van der Waals surface area contributed by atoms with Gasteiger partial charge < -0.3 is 24.4 Å². The van der Waals surface area contributed by atoms with Crippen LogP contribution >= 0.6 is 0 Å². The second-order valence-corrected chi connectivity index (χ2v) is 10.3. The summed E-state index contributed by atoms with van der Waals surface area (Å²) >= 11 is 0. The Balaban J connectivity index is 1.58. The van der Waals surface area contributed by atoms with Crippen LogP contribution in [0.15, 0.2) is 42.5 Å². The second kappa shape index (κ2) is 21.0. The van der Waals surface area contributed by atoms with Crippen molar-refractivity contribution in [1.82, 2.24) is 0 Å². The van der Waals surface area contributed by atoms with E-state index in [1.807, 2.05) is 0 Å². The van der Waals surface area contributed by atoms with Gasteiger partial charge in [0.05, 0.1) is 19.8 Å².